The average Bonchev–Trinajstić information content (AvgIpc) is 2.97. The maximum Gasteiger partial charge on any atom is 0.337 e. The van der Waals surface area contributed by atoms with Crippen LogP contribution >= 0.6 is 0 Å². The Morgan fingerprint density at radius 1 is 1.29 bits per heavy atom. The van der Waals surface area contributed by atoms with Crippen molar-refractivity contribution in [3.63, 3.8) is 0 Å². The third kappa shape index (κ3) is 3.29. The number of carbonyl (C=O) groups excluding carboxylic acids is 2. The van der Waals surface area contributed by atoms with Crippen LogP contribution in [0.2, 0.25) is 0 Å². The number of nitrogens with two attached hydrogens (primary N) is 1. The van der Waals surface area contributed by atoms with Gasteiger partial charge in [0.25, 0.3) is 5.91 Å². The smallest absolute Gasteiger partial charge is 0.337 e. The third-order valence-electron chi connectivity index (χ3n) is 2.99. The molecule has 110 valence electrons. The van der Waals surface area contributed by atoms with Gasteiger partial charge < -0.3 is 20.2 Å². The molecule has 0 unspecified atom stereocenters. The topological polar surface area (TPSA) is 94.6 Å². The Labute approximate surface area is 121 Å². The van der Waals surface area contributed by atoms with Gasteiger partial charge >= 0.3 is 5.97 Å². The Kier molecular flexibility index (Phi) is 4.39. The van der Waals surface area contributed by atoms with E-state index < -0.39 is 11.9 Å². The van der Waals surface area contributed by atoms with Gasteiger partial charge in [-0.15, -0.1) is 0 Å². The van der Waals surface area contributed by atoms with Crippen LogP contribution in [0.1, 0.15) is 32.2 Å². The van der Waals surface area contributed by atoms with Crippen molar-refractivity contribution < 1.29 is 18.7 Å². The number of ether oxygens (including phenoxy) is 1. The molecule has 0 aliphatic rings. The Morgan fingerprint density at radius 3 is 2.67 bits per heavy atom. The van der Waals surface area contributed by atoms with E-state index >= 15 is 0 Å². The number of carbonyl (C=O) groups is 2. The zero-order valence-corrected chi connectivity index (χ0v) is 11.8. The first-order chi connectivity index (χ1) is 10.0. The van der Waals surface area contributed by atoms with Gasteiger partial charge in [-0.1, -0.05) is 6.07 Å². The van der Waals surface area contributed by atoms with Gasteiger partial charge in [0.15, 0.2) is 5.76 Å². The molecular formula is C15H16N2O4. The molecule has 0 radical (unpaired) electrons. The molecule has 21 heavy (non-hydrogen) atoms. The van der Waals surface area contributed by atoms with Crippen LogP contribution in [-0.2, 0) is 11.3 Å². The number of esters is 1. The second-order valence-corrected chi connectivity index (χ2v) is 4.45. The number of anilines is 1. The van der Waals surface area contributed by atoms with Crippen LogP contribution in [0, 0.1) is 6.92 Å². The number of hydrogen-bond donors (Lipinski definition) is 2. The van der Waals surface area contributed by atoms with E-state index in [-0.39, 0.29) is 12.3 Å². The normalized spacial score (nSPS) is 10.2. The molecule has 0 spiro atoms. The van der Waals surface area contributed by atoms with Crippen molar-refractivity contribution in [1.82, 2.24) is 0 Å². The fraction of sp³-hybridized carbons (Fsp3) is 0.200. The van der Waals surface area contributed by atoms with Gasteiger partial charge in [0.05, 0.1) is 19.2 Å². The average molecular weight is 288 g/mol. The highest BCUT2D eigenvalue weighted by atomic mass is 16.5. The first-order valence-electron chi connectivity index (χ1n) is 6.34. The minimum atomic E-state index is -0.464. The quantitative estimate of drug-likeness (QED) is 0.840. The fourth-order valence-electron chi connectivity index (χ4n) is 1.80. The second-order valence-electron chi connectivity index (χ2n) is 4.45. The minimum Gasteiger partial charge on any atom is -0.465 e. The molecular weight excluding hydrogens is 272 g/mol. The van der Waals surface area contributed by atoms with Crippen molar-refractivity contribution in [3.8, 4) is 0 Å². The molecule has 0 bridgehead atoms. The highest BCUT2D eigenvalue weighted by molar-refractivity contribution is 6.03. The van der Waals surface area contributed by atoms with E-state index in [1.807, 2.05) is 6.92 Å². The summed E-state index contributed by atoms with van der Waals surface area (Å²) >= 11 is 0. The summed E-state index contributed by atoms with van der Waals surface area (Å²) in [5.74, 6) is -0.174. The molecule has 0 atom stereocenters. The zero-order valence-electron chi connectivity index (χ0n) is 11.8. The van der Waals surface area contributed by atoms with E-state index in [1.165, 1.54) is 7.11 Å². The van der Waals surface area contributed by atoms with E-state index in [1.54, 1.807) is 30.3 Å². The number of benzene rings is 1. The summed E-state index contributed by atoms with van der Waals surface area (Å²) in [4.78, 5) is 23.6. The highest BCUT2D eigenvalue weighted by Gasteiger charge is 2.14. The van der Waals surface area contributed by atoms with Crippen LogP contribution in [0.15, 0.2) is 34.7 Å². The van der Waals surface area contributed by atoms with Crippen molar-refractivity contribution >= 4 is 17.6 Å². The molecule has 0 fully saturated rings. The number of furan rings is 1. The number of rotatable bonds is 4. The molecule has 6 nitrogen and oxygen atoms in total. The van der Waals surface area contributed by atoms with Crippen LogP contribution in [0.25, 0.3) is 0 Å². The lowest BCUT2D eigenvalue weighted by Gasteiger charge is -2.09. The van der Waals surface area contributed by atoms with Gasteiger partial charge in [-0.3, -0.25) is 4.79 Å². The van der Waals surface area contributed by atoms with Crippen molar-refractivity contribution in [2.45, 2.75) is 13.5 Å². The lowest BCUT2D eigenvalue weighted by molar-refractivity contribution is 0.0600. The molecule has 1 heterocycles. The molecule has 2 rings (SSSR count). The predicted octanol–water partition coefficient (Wildman–Crippen LogP) is 2.09. The number of aryl methyl sites for hydroxylation is 1. The second kappa shape index (κ2) is 6.23. The molecule has 2 aromatic rings. The fourth-order valence-corrected chi connectivity index (χ4v) is 1.80. The highest BCUT2D eigenvalue weighted by Crippen LogP contribution is 2.19. The predicted molar refractivity (Wildman–Crippen MR) is 77.1 cm³/mol. The number of methoxy groups -OCH3 is 1. The number of nitrogens with one attached hydrogen (secondary N) is 1. The van der Waals surface area contributed by atoms with E-state index in [2.05, 4.69) is 10.1 Å². The molecule has 1 aromatic carbocycles. The minimum absolute atomic E-state index is 0.165. The molecule has 0 aliphatic carbocycles. The SMILES string of the molecule is COC(=O)c1ccc(C)c(NC(=O)c2ccc(CN)o2)c1. The Balaban J connectivity index is 2.22. The monoisotopic (exact) mass is 288 g/mol. The molecule has 1 aromatic heterocycles. The molecule has 3 N–H and O–H groups in total. The van der Waals surface area contributed by atoms with Crippen LogP contribution < -0.4 is 11.1 Å². The standard InChI is InChI=1S/C15H16N2O4/c1-9-3-4-10(15(19)20-2)7-12(9)17-14(18)13-6-5-11(8-16)21-13/h3-7H,8,16H2,1-2H3,(H,17,18). The molecule has 1 amide bonds. The van der Waals surface area contributed by atoms with Crippen LogP contribution in [0.4, 0.5) is 5.69 Å². The third-order valence-corrected chi connectivity index (χ3v) is 2.99. The lowest BCUT2D eigenvalue weighted by atomic mass is 10.1. The van der Waals surface area contributed by atoms with Gasteiger partial charge in [0.2, 0.25) is 0 Å². The lowest BCUT2D eigenvalue weighted by Crippen LogP contribution is -2.13. The van der Waals surface area contributed by atoms with Gasteiger partial charge in [0, 0.05) is 5.69 Å². The van der Waals surface area contributed by atoms with Crippen LogP contribution in [0.5, 0.6) is 0 Å². The first kappa shape index (κ1) is 14.8. The van der Waals surface area contributed by atoms with Crippen molar-refractivity contribution in [2.75, 3.05) is 12.4 Å². The largest absolute Gasteiger partial charge is 0.465 e. The molecule has 0 aliphatic heterocycles. The Hall–Kier alpha value is -2.60. The van der Waals surface area contributed by atoms with E-state index in [4.69, 9.17) is 10.2 Å². The van der Waals surface area contributed by atoms with Gasteiger partial charge in [0.1, 0.15) is 5.76 Å². The summed E-state index contributed by atoms with van der Waals surface area (Å²) < 4.78 is 9.93. The summed E-state index contributed by atoms with van der Waals surface area (Å²) in [6.07, 6.45) is 0. The number of amides is 1. The van der Waals surface area contributed by atoms with Crippen LogP contribution in [-0.4, -0.2) is 19.0 Å². The maximum absolute atomic E-state index is 12.1. The number of hydrogen-bond acceptors (Lipinski definition) is 5. The zero-order chi connectivity index (χ0) is 15.4. The Morgan fingerprint density at radius 2 is 2.05 bits per heavy atom. The van der Waals surface area contributed by atoms with Crippen molar-refractivity contribution in [1.29, 1.82) is 0 Å². The molecule has 0 saturated heterocycles. The summed E-state index contributed by atoms with van der Waals surface area (Å²) in [6.45, 7) is 2.05. The summed E-state index contributed by atoms with van der Waals surface area (Å²) in [7, 11) is 1.30. The Bertz CT molecular complexity index is 676. The van der Waals surface area contributed by atoms with Gasteiger partial charge in [-0.2, -0.15) is 0 Å². The van der Waals surface area contributed by atoms with Crippen molar-refractivity contribution in [3.05, 3.63) is 53.0 Å². The summed E-state index contributed by atoms with van der Waals surface area (Å²) in [5.41, 5.74) is 7.14. The van der Waals surface area contributed by atoms with Gasteiger partial charge in [-0.05, 0) is 36.8 Å². The maximum atomic E-state index is 12.1. The van der Waals surface area contributed by atoms with E-state index in [0.29, 0.717) is 17.0 Å². The van der Waals surface area contributed by atoms with Gasteiger partial charge in [-0.25, -0.2) is 4.79 Å². The first-order valence-corrected chi connectivity index (χ1v) is 6.34. The van der Waals surface area contributed by atoms with Crippen LogP contribution in [0.3, 0.4) is 0 Å². The summed E-state index contributed by atoms with van der Waals surface area (Å²) in [5, 5.41) is 2.70. The van der Waals surface area contributed by atoms with E-state index in [9.17, 15) is 9.59 Å². The van der Waals surface area contributed by atoms with Crippen molar-refractivity contribution in [2.24, 2.45) is 5.73 Å². The van der Waals surface area contributed by atoms with E-state index in [0.717, 1.165) is 5.56 Å². The molecule has 0 saturated carbocycles. The molecule has 6 heteroatoms. The summed E-state index contributed by atoms with van der Waals surface area (Å²) in [6, 6.07) is 8.13.